The monoisotopic (exact) mass is 110 g/mol. The minimum Gasteiger partial charge on any atom is -0.120 e. The number of allylic oxidation sites excluding steroid dienone is 1. The van der Waals surface area contributed by atoms with Gasteiger partial charge in [0.05, 0.1) is 0 Å². The third-order valence-electron chi connectivity index (χ3n) is 0.541. The quantitative estimate of drug-likeness (QED) is 0.364. The molecule has 36 valence electrons. The summed E-state index contributed by atoms with van der Waals surface area (Å²) >= 11 is 4.46. The second-order valence-corrected chi connectivity index (χ2v) is 1.47. The molecule has 7 heavy (non-hydrogen) atoms. The summed E-state index contributed by atoms with van der Waals surface area (Å²) in [5.41, 5.74) is 0.956. The van der Waals surface area contributed by atoms with Gasteiger partial charge in [-0.15, -0.1) is 12.3 Å². The van der Waals surface area contributed by atoms with Gasteiger partial charge in [-0.05, 0) is 29.7 Å². The molecule has 0 fully saturated rings. The molecule has 0 rings (SSSR count). The molecule has 0 amide bonds. The maximum atomic E-state index is 4.95. The summed E-state index contributed by atoms with van der Waals surface area (Å²) in [6, 6.07) is 0. The fourth-order valence-electron chi connectivity index (χ4n) is 0.189. The average molecular weight is 110 g/mol. The van der Waals surface area contributed by atoms with Crippen LogP contribution in [-0.4, -0.2) is 5.02 Å². The zero-order valence-corrected chi connectivity index (χ0v) is 5.01. The van der Waals surface area contributed by atoms with Crippen LogP contribution in [0.3, 0.4) is 0 Å². The van der Waals surface area contributed by atoms with Crippen LogP contribution in [0.4, 0.5) is 0 Å². The summed E-state index contributed by atoms with van der Waals surface area (Å²) in [6.45, 7) is 1.87. The van der Waals surface area contributed by atoms with Gasteiger partial charge < -0.3 is 0 Å². The largest absolute Gasteiger partial charge is 0.120 e. The minimum absolute atomic E-state index is 0.628. The molecule has 0 nitrogen and oxygen atoms in total. The molecule has 0 aliphatic carbocycles. The predicted molar refractivity (Wildman–Crippen MR) is 35.2 cm³/mol. The smallest absolute Gasteiger partial charge is 0.0378 e. The van der Waals surface area contributed by atoms with Gasteiger partial charge in [0.1, 0.15) is 0 Å². The highest BCUT2D eigenvalue weighted by Gasteiger charge is 1.76. The van der Waals surface area contributed by atoms with Crippen molar-refractivity contribution in [2.75, 3.05) is 0 Å². The number of hydrogen-bond acceptors (Lipinski definition) is 1. The Kier molecular flexibility index (Phi) is 3.32. The van der Waals surface area contributed by atoms with E-state index in [2.05, 4.69) is 23.2 Å². The van der Waals surface area contributed by atoms with Crippen LogP contribution in [-0.2, 0) is 0 Å². The molecule has 0 bridgehead atoms. The van der Waals surface area contributed by atoms with Crippen molar-refractivity contribution in [1.82, 2.24) is 0 Å². The molecule has 0 aliphatic heterocycles. The molecule has 0 aromatic rings. The van der Waals surface area contributed by atoms with Crippen LogP contribution in [0.5, 0.6) is 0 Å². The van der Waals surface area contributed by atoms with Crippen LogP contribution in [0.15, 0.2) is 5.57 Å². The topological polar surface area (TPSA) is 0 Å². The van der Waals surface area contributed by atoms with Gasteiger partial charge in [0.15, 0.2) is 0 Å². The lowest BCUT2D eigenvalue weighted by atomic mass is 10.3. The van der Waals surface area contributed by atoms with Crippen molar-refractivity contribution in [2.45, 2.75) is 13.3 Å². The Bertz CT molecular complexity index is 133. The molecular weight excluding hydrogens is 104 g/mol. The van der Waals surface area contributed by atoms with E-state index in [0.717, 1.165) is 5.57 Å². The van der Waals surface area contributed by atoms with E-state index in [1.54, 1.807) is 0 Å². The second-order valence-electron chi connectivity index (χ2n) is 1.26. The van der Waals surface area contributed by atoms with Crippen molar-refractivity contribution >= 4 is 17.2 Å². The lowest BCUT2D eigenvalue weighted by Crippen LogP contribution is -1.68. The van der Waals surface area contributed by atoms with Crippen LogP contribution in [0.1, 0.15) is 13.3 Å². The molecule has 0 aliphatic rings. The van der Waals surface area contributed by atoms with E-state index < -0.39 is 0 Å². The molecule has 0 unspecified atom stereocenters. The lowest BCUT2D eigenvalue weighted by Gasteiger charge is -1.79. The van der Waals surface area contributed by atoms with Gasteiger partial charge in [0.25, 0.3) is 0 Å². The van der Waals surface area contributed by atoms with Gasteiger partial charge in [-0.3, -0.25) is 0 Å². The van der Waals surface area contributed by atoms with Crippen molar-refractivity contribution in [3.63, 3.8) is 0 Å². The van der Waals surface area contributed by atoms with Crippen molar-refractivity contribution in [2.24, 2.45) is 0 Å². The van der Waals surface area contributed by atoms with E-state index in [-0.39, 0.29) is 0 Å². The molecule has 0 atom stereocenters. The Balaban J connectivity index is 3.65. The Hall–Kier alpha value is -0.570. The van der Waals surface area contributed by atoms with Crippen LogP contribution >= 0.6 is 12.2 Å². The normalized spacial score (nSPS) is 6.29. The first-order chi connectivity index (χ1) is 3.31. The van der Waals surface area contributed by atoms with Crippen molar-refractivity contribution in [1.29, 1.82) is 0 Å². The van der Waals surface area contributed by atoms with Crippen molar-refractivity contribution in [3.8, 4) is 12.3 Å². The fourth-order valence-corrected chi connectivity index (χ4v) is 0.261. The molecule has 0 saturated carbocycles. The first kappa shape index (κ1) is 6.43. The highest BCUT2D eigenvalue weighted by molar-refractivity contribution is 7.78. The Labute approximate surface area is 49.2 Å². The number of rotatable bonds is 1. The van der Waals surface area contributed by atoms with Gasteiger partial charge >= 0.3 is 0 Å². The maximum Gasteiger partial charge on any atom is 0.0378 e. The molecular formula is C6H6S. The zero-order chi connectivity index (χ0) is 5.70. The summed E-state index contributed by atoms with van der Waals surface area (Å²) in [5.74, 6) is 2.45. The van der Waals surface area contributed by atoms with E-state index in [1.165, 1.54) is 0 Å². The Morgan fingerprint density at radius 1 is 1.86 bits per heavy atom. The third-order valence-corrected chi connectivity index (χ3v) is 0.890. The van der Waals surface area contributed by atoms with Crippen LogP contribution in [0.2, 0.25) is 0 Å². The van der Waals surface area contributed by atoms with E-state index in [1.807, 2.05) is 6.92 Å². The molecule has 0 radical (unpaired) electrons. The highest BCUT2D eigenvalue weighted by Crippen LogP contribution is 1.89. The van der Waals surface area contributed by atoms with E-state index in [4.69, 9.17) is 6.42 Å². The zero-order valence-electron chi connectivity index (χ0n) is 4.19. The molecule has 1 heteroatoms. The minimum atomic E-state index is 0.628. The number of hydrogen-bond donors (Lipinski definition) is 0. The van der Waals surface area contributed by atoms with Crippen LogP contribution in [0, 0.1) is 12.3 Å². The SMILES string of the molecule is C#CCC(C)=C=S. The van der Waals surface area contributed by atoms with Gasteiger partial charge in [-0.25, -0.2) is 0 Å². The van der Waals surface area contributed by atoms with Gasteiger partial charge in [0, 0.05) is 6.42 Å². The summed E-state index contributed by atoms with van der Waals surface area (Å²) in [4.78, 5) is 0. The van der Waals surface area contributed by atoms with Crippen molar-refractivity contribution in [3.05, 3.63) is 5.57 Å². The maximum absolute atomic E-state index is 4.95. The van der Waals surface area contributed by atoms with Gasteiger partial charge in [0.2, 0.25) is 0 Å². The predicted octanol–water partition coefficient (Wildman–Crippen LogP) is 1.55. The summed E-state index contributed by atoms with van der Waals surface area (Å²) in [6.07, 6.45) is 5.58. The molecule has 0 spiro atoms. The van der Waals surface area contributed by atoms with Crippen LogP contribution in [0.25, 0.3) is 0 Å². The summed E-state index contributed by atoms with van der Waals surface area (Å²) in [5, 5.41) is 2.52. The Morgan fingerprint density at radius 3 is 2.57 bits per heavy atom. The van der Waals surface area contributed by atoms with E-state index in [0.29, 0.717) is 6.42 Å². The molecule has 0 aromatic heterocycles. The molecule has 0 heterocycles. The number of terminal acetylenes is 1. The van der Waals surface area contributed by atoms with Crippen LogP contribution < -0.4 is 0 Å². The van der Waals surface area contributed by atoms with Crippen molar-refractivity contribution < 1.29 is 0 Å². The van der Waals surface area contributed by atoms with Gasteiger partial charge in [-0.2, -0.15) is 0 Å². The highest BCUT2D eigenvalue weighted by atomic mass is 32.1. The lowest BCUT2D eigenvalue weighted by molar-refractivity contribution is 1.30. The van der Waals surface area contributed by atoms with Gasteiger partial charge in [-0.1, -0.05) is 0 Å². The first-order valence-corrected chi connectivity index (χ1v) is 2.36. The standard InChI is InChI=1S/C6H6S/c1-3-4-6(2)5-7/h1H,4H2,2H3. The molecule has 0 aromatic carbocycles. The van der Waals surface area contributed by atoms with E-state index in [9.17, 15) is 0 Å². The average Bonchev–Trinajstić information content (AvgIpc) is 1.68. The fraction of sp³-hybridized carbons (Fsp3) is 0.333. The second kappa shape index (κ2) is 3.61. The molecule has 0 N–H and O–H groups in total. The third kappa shape index (κ3) is 3.26. The molecule has 0 saturated heterocycles. The Morgan fingerprint density at radius 2 is 2.43 bits per heavy atom. The van der Waals surface area contributed by atoms with E-state index >= 15 is 0 Å². The number of thiocarbonyl (C=S) groups is 1. The first-order valence-electron chi connectivity index (χ1n) is 1.95. The summed E-state index contributed by atoms with van der Waals surface area (Å²) in [7, 11) is 0. The summed E-state index contributed by atoms with van der Waals surface area (Å²) < 4.78 is 0.